The van der Waals surface area contributed by atoms with Gasteiger partial charge in [-0.25, -0.2) is 0 Å². The number of nitrogens with two attached hydrogens (primary N) is 1. The highest BCUT2D eigenvalue weighted by Gasteiger charge is 2.37. The van der Waals surface area contributed by atoms with Gasteiger partial charge in [0.1, 0.15) is 0 Å². The topological polar surface area (TPSA) is 29.3 Å². The molecule has 0 aromatic carbocycles. The fourth-order valence-corrected chi connectivity index (χ4v) is 3.08. The Bertz CT molecular complexity index is 181. The molecule has 0 spiro atoms. The van der Waals surface area contributed by atoms with E-state index in [0.717, 1.165) is 12.0 Å². The maximum absolute atomic E-state index is 6.04. The molecule has 1 saturated heterocycles. The molecule has 76 valence electrons. The van der Waals surface area contributed by atoms with Crippen LogP contribution in [-0.4, -0.2) is 29.6 Å². The van der Waals surface area contributed by atoms with Crippen LogP contribution in [0.4, 0.5) is 0 Å². The molecule has 1 saturated carbocycles. The molecule has 0 radical (unpaired) electrons. The van der Waals surface area contributed by atoms with Crippen LogP contribution in [0.15, 0.2) is 0 Å². The van der Waals surface area contributed by atoms with Crippen molar-refractivity contribution in [2.24, 2.45) is 11.7 Å². The van der Waals surface area contributed by atoms with E-state index < -0.39 is 0 Å². The van der Waals surface area contributed by atoms with E-state index >= 15 is 0 Å². The van der Waals surface area contributed by atoms with Crippen LogP contribution in [0.3, 0.4) is 0 Å². The van der Waals surface area contributed by atoms with Crippen molar-refractivity contribution in [3.8, 4) is 0 Å². The molecular formula is C11H22N2. The van der Waals surface area contributed by atoms with E-state index in [1.165, 1.54) is 32.2 Å². The summed E-state index contributed by atoms with van der Waals surface area (Å²) < 4.78 is 0. The van der Waals surface area contributed by atoms with E-state index in [4.69, 9.17) is 5.73 Å². The average Bonchev–Trinajstić information content (AvgIpc) is 2.62. The third-order valence-corrected chi connectivity index (χ3v) is 4.11. The minimum atomic E-state index is 0.424. The maximum Gasteiger partial charge on any atom is 0.0222 e. The molecule has 4 atom stereocenters. The predicted octanol–water partition coefficient (Wildman–Crippen LogP) is 1.60. The van der Waals surface area contributed by atoms with Crippen molar-refractivity contribution in [2.75, 3.05) is 6.54 Å². The Hall–Kier alpha value is -0.0800. The van der Waals surface area contributed by atoms with Crippen molar-refractivity contribution in [2.45, 2.75) is 57.7 Å². The number of rotatable bonds is 1. The van der Waals surface area contributed by atoms with Crippen molar-refractivity contribution in [1.82, 2.24) is 4.90 Å². The molecule has 2 fully saturated rings. The second-order valence-electron chi connectivity index (χ2n) is 4.91. The smallest absolute Gasteiger partial charge is 0.0222 e. The average molecular weight is 182 g/mol. The summed E-state index contributed by atoms with van der Waals surface area (Å²) in [6.45, 7) is 5.92. The predicted molar refractivity (Wildman–Crippen MR) is 55.6 cm³/mol. The van der Waals surface area contributed by atoms with Crippen molar-refractivity contribution >= 4 is 0 Å². The molecule has 0 amide bonds. The lowest BCUT2D eigenvalue weighted by Gasteiger charge is -2.32. The first-order valence-corrected chi connectivity index (χ1v) is 5.71. The van der Waals surface area contributed by atoms with Crippen LogP contribution < -0.4 is 5.73 Å². The molecule has 0 aromatic heterocycles. The molecule has 0 bridgehead atoms. The van der Waals surface area contributed by atoms with E-state index in [1.54, 1.807) is 0 Å². The lowest BCUT2D eigenvalue weighted by molar-refractivity contribution is 0.156. The summed E-state index contributed by atoms with van der Waals surface area (Å²) in [7, 11) is 0. The number of hydrogen-bond acceptors (Lipinski definition) is 2. The number of nitrogens with zero attached hydrogens (tertiary/aromatic N) is 1. The fourth-order valence-electron chi connectivity index (χ4n) is 3.08. The molecule has 2 nitrogen and oxygen atoms in total. The Kier molecular flexibility index (Phi) is 2.61. The summed E-state index contributed by atoms with van der Waals surface area (Å²) in [5, 5.41) is 0. The van der Waals surface area contributed by atoms with Crippen LogP contribution >= 0.6 is 0 Å². The van der Waals surface area contributed by atoms with Gasteiger partial charge in [0.25, 0.3) is 0 Å². The lowest BCUT2D eigenvalue weighted by atomic mass is 10.0. The lowest BCUT2D eigenvalue weighted by Crippen LogP contribution is -2.43. The van der Waals surface area contributed by atoms with E-state index in [2.05, 4.69) is 18.7 Å². The molecule has 1 heterocycles. The Balaban J connectivity index is 2.00. The minimum absolute atomic E-state index is 0.424. The third-order valence-electron chi connectivity index (χ3n) is 4.11. The first kappa shape index (κ1) is 9.47. The minimum Gasteiger partial charge on any atom is -0.326 e. The summed E-state index contributed by atoms with van der Waals surface area (Å²) in [5.41, 5.74) is 6.04. The molecular weight excluding hydrogens is 160 g/mol. The van der Waals surface area contributed by atoms with Gasteiger partial charge in [0.05, 0.1) is 0 Å². The van der Waals surface area contributed by atoms with Gasteiger partial charge in [0, 0.05) is 24.7 Å². The van der Waals surface area contributed by atoms with Gasteiger partial charge in [-0.3, -0.25) is 4.90 Å². The molecule has 2 aliphatic rings. The largest absolute Gasteiger partial charge is 0.326 e. The highest BCUT2D eigenvalue weighted by atomic mass is 15.2. The molecule has 4 unspecified atom stereocenters. The van der Waals surface area contributed by atoms with E-state index in [0.29, 0.717) is 12.1 Å². The van der Waals surface area contributed by atoms with Crippen molar-refractivity contribution in [3.63, 3.8) is 0 Å². The zero-order valence-electron chi connectivity index (χ0n) is 8.87. The Labute approximate surface area is 81.5 Å². The second-order valence-corrected chi connectivity index (χ2v) is 4.91. The van der Waals surface area contributed by atoms with Crippen LogP contribution in [0.25, 0.3) is 0 Å². The van der Waals surface area contributed by atoms with Gasteiger partial charge in [-0.05, 0) is 32.1 Å². The molecule has 13 heavy (non-hydrogen) atoms. The highest BCUT2D eigenvalue weighted by molar-refractivity contribution is 4.94. The summed E-state index contributed by atoms with van der Waals surface area (Å²) in [4.78, 5) is 2.66. The highest BCUT2D eigenvalue weighted by Crippen LogP contribution is 2.33. The Morgan fingerprint density at radius 1 is 1.15 bits per heavy atom. The van der Waals surface area contributed by atoms with Crippen molar-refractivity contribution in [3.05, 3.63) is 0 Å². The summed E-state index contributed by atoms with van der Waals surface area (Å²) in [6, 6.07) is 1.88. The summed E-state index contributed by atoms with van der Waals surface area (Å²) in [6.07, 6.45) is 5.44. The third kappa shape index (κ3) is 1.62. The fraction of sp³-hybridized carbons (Fsp3) is 1.00. The summed E-state index contributed by atoms with van der Waals surface area (Å²) in [5.74, 6) is 0.896. The van der Waals surface area contributed by atoms with Crippen molar-refractivity contribution < 1.29 is 0 Å². The first-order valence-electron chi connectivity index (χ1n) is 5.71. The van der Waals surface area contributed by atoms with Gasteiger partial charge >= 0.3 is 0 Å². The van der Waals surface area contributed by atoms with Crippen molar-refractivity contribution in [1.29, 1.82) is 0 Å². The van der Waals surface area contributed by atoms with Crippen LogP contribution in [0, 0.1) is 5.92 Å². The van der Waals surface area contributed by atoms with E-state index in [-0.39, 0.29) is 0 Å². The van der Waals surface area contributed by atoms with Gasteiger partial charge in [0.2, 0.25) is 0 Å². The number of likely N-dealkylation sites (tertiary alicyclic amines) is 1. The monoisotopic (exact) mass is 182 g/mol. The zero-order valence-corrected chi connectivity index (χ0v) is 8.87. The SMILES string of the molecule is CC1CCCC1N1CCC(N)C1C. The first-order chi connectivity index (χ1) is 6.20. The van der Waals surface area contributed by atoms with Gasteiger partial charge in [-0.15, -0.1) is 0 Å². The Morgan fingerprint density at radius 2 is 1.92 bits per heavy atom. The van der Waals surface area contributed by atoms with Crippen LogP contribution in [0.5, 0.6) is 0 Å². The standard InChI is InChI=1S/C11H22N2/c1-8-4-3-5-11(8)13-7-6-10(12)9(13)2/h8-11H,3-7,12H2,1-2H3. The van der Waals surface area contributed by atoms with Gasteiger partial charge in [-0.1, -0.05) is 13.3 Å². The summed E-state index contributed by atoms with van der Waals surface area (Å²) >= 11 is 0. The van der Waals surface area contributed by atoms with Crippen LogP contribution in [-0.2, 0) is 0 Å². The van der Waals surface area contributed by atoms with Gasteiger partial charge in [0.15, 0.2) is 0 Å². The quantitative estimate of drug-likeness (QED) is 0.667. The molecule has 0 aromatic rings. The Morgan fingerprint density at radius 3 is 2.38 bits per heavy atom. The van der Waals surface area contributed by atoms with E-state index in [1.807, 2.05) is 0 Å². The normalized spacial score (nSPS) is 47.3. The number of hydrogen-bond donors (Lipinski definition) is 1. The molecule has 1 aliphatic carbocycles. The molecule has 2 rings (SSSR count). The maximum atomic E-state index is 6.04. The van der Waals surface area contributed by atoms with E-state index in [9.17, 15) is 0 Å². The zero-order chi connectivity index (χ0) is 9.42. The van der Waals surface area contributed by atoms with Crippen LogP contribution in [0.2, 0.25) is 0 Å². The molecule has 2 N–H and O–H groups in total. The molecule has 2 heteroatoms. The van der Waals surface area contributed by atoms with Crippen LogP contribution in [0.1, 0.15) is 39.5 Å². The van der Waals surface area contributed by atoms with Gasteiger partial charge in [-0.2, -0.15) is 0 Å². The molecule has 1 aliphatic heterocycles. The van der Waals surface area contributed by atoms with Gasteiger partial charge < -0.3 is 5.73 Å². The second kappa shape index (κ2) is 3.58.